The van der Waals surface area contributed by atoms with Crippen molar-refractivity contribution in [1.82, 2.24) is 0 Å². The van der Waals surface area contributed by atoms with E-state index in [2.05, 4.69) is 20.7 Å². The third kappa shape index (κ3) is 3.22. The molecule has 3 N–H and O–H groups in total. The molecule has 0 spiro atoms. The zero-order chi connectivity index (χ0) is 14.9. The lowest BCUT2D eigenvalue weighted by Crippen LogP contribution is -2.15. The van der Waals surface area contributed by atoms with E-state index >= 15 is 0 Å². The summed E-state index contributed by atoms with van der Waals surface area (Å²) in [5, 5.41) is 0. The van der Waals surface area contributed by atoms with Gasteiger partial charge in [-0.2, -0.15) is 0 Å². The minimum absolute atomic E-state index is 0.245. The average molecular weight is 375 g/mol. The number of nitrogens with two attached hydrogens (primary N) is 1. The Bertz CT molecular complexity index is 704. The fraction of sp³-hybridized carbons (Fsp3) is 0.231. The maximum Gasteiger partial charge on any atom is 0.271 e. The third-order valence-electron chi connectivity index (χ3n) is 2.80. The van der Waals surface area contributed by atoms with Crippen molar-refractivity contribution in [2.45, 2.75) is 24.1 Å². The highest BCUT2D eigenvalue weighted by molar-refractivity contribution is 9.11. The molecule has 0 aliphatic carbocycles. The molecule has 20 heavy (non-hydrogen) atoms. The van der Waals surface area contributed by atoms with Crippen LogP contribution >= 0.6 is 27.3 Å². The Balaban J connectivity index is 2.38. The molecule has 0 amide bonds. The summed E-state index contributed by atoms with van der Waals surface area (Å²) in [6.07, 6.45) is 0. The summed E-state index contributed by atoms with van der Waals surface area (Å²) in [5.41, 5.74) is 8.04. The first-order valence-corrected chi connectivity index (χ1v) is 9.04. The molecule has 1 aromatic heterocycles. The highest BCUT2D eigenvalue weighted by Gasteiger charge is 2.20. The molecule has 0 bridgehead atoms. The van der Waals surface area contributed by atoms with E-state index in [-0.39, 0.29) is 10.3 Å². The highest BCUT2D eigenvalue weighted by Crippen LogP contribution is 2.32. The summed E-state index contributed by atoms with van der Waals surface area (Å²) >= 11 is 4.53. The Morgan fingerprint density at radius 1 is 1.35 bits per heavy atom. The molecule has 108 valence electrons. The van der Waals surface area contributed by atoms with Crippen molar-refractivity contribution in [2.24, 2.45) is 5.73 Å². The average Bonchev–Trinajstić information content (AvgIpc) is 2.70. The molecular weight excluding hydrogens is 360 g/mol. The van der Waals surface area contributed by atoms with Crippen molar-refractivity contribution in [2.75, 3.05) is 4.72 Å². The predicted molar refractivity (Wildman–Crippen MR) is 86.6 cm³/mol. The van der Waals surface area contributed by atoms with Gasteiger partial charge in [0.2, 0.25) is 0 Å². The van der Waals surface area contributed by atoms with Crippen LogP contribution in [0.3, 0.4) is 0 Å². The van der Waals surface area contributed by atoms with Gasteiger partial charge in [-0.1, -0.05) is 18.2 Å². The van der Waals surface area contributed by atoms with E-state index in [0.717, 1.165) is 14.9 Å². The fourth-order valence-corrected chi connectivity index (χ4v) is 5.06. The van der Waals surface area contributed by atoms with Crippen LogP contribution in [0, 0.1) is 6.92 Å². The summed E-state index contributed by atoms with van der Waals surface area (Å²) in [5.74, 6) is 0. The van der Waals surface area contributed by atoms with Crippen molar-refractivity contribution in [1.29, 1.82) is 0 Å². The number of thiophene rings is 1. The van der Waals surface area contributed by atoms with Gasteiger partial charge in [-0.15, -0.1) is 11.3 Å². The van der Waals surface area contributed by atoms with Crippen molar-refractivity contribution in [3.05, 3.63) is 45.2 Å². The maximum atomic E-state index is 12.4. The first-order chi connectivity index (χ1) is 9.31. The van der Waals surface area contributed by atoms with E-state index in [1.807, 2.05) is 26.0 Å². The number of halogens is 1. The molecule has 0 saturated heterocycles. The molecule has 4 nitrogen and oxygen atoms in total. The number of benzene rings is 1. The summed E-state index contributed by atoms with van der Waals surface area (Å²) in [4.78, 5) is 0. The van der Waals surface area contributed by atoms with Crippen molar-refractivity contribution >= 4 is 43.0 Å². The number of rotatable bonds is 4. The maximum absolute atomic E-state index is 12.4. The predicted octanol–water partition coefficient (Wildman–Crippen LogP) is 3.64. The van der Waals surface area contributed by atoms with Gasteiger partial charge in [0.1, 0.15) is 4.21 Å². The second-order valence-corrected chi connectivity index (χ2v) is 8.78. The first kappa shape index (κ1) is 15.5. The Morgan fingerprint density at radius 3 is 2.55 bits per heavy atom. The van der Waals surface area contributed by atoms with Gasteiger partial charge < -0.3 is 5.73 Å². The van der Waals surface area contributed by atoms with Gasteiger partial charge >= 0.3 is 0 Å². The van der Waals surface area contributed by atoms with Gasteiger partial charge in [-0.05, 0) is 53.0 Å². The molecule has 2 aromatic rings. The SMILES string of the molecule is Cc1cc(S(=O)(=O)Nc2ccccc2C(C)N)sc1Br. The zero-order valence-electron chi connectivity index (χ0n) is 11.1. The van der Waals surface area contributed by atoms with Gasteiger partial charge in [0, 0.05) is 6.04 Å². The lowest BCUT2D eigenvalue weighted by atomic mass is 10.1. The van der Waals surface area contributed by atoms with Crippen LogP contribution in [-0.4, -0.2) is 8.42 Å². The molecule has 1 heterocycles. The Morgan fingerprint density at radius 2 is 2.00 bits per heavy atom. The van der Waals surface area contributed by atoms with E-state index in [1.54, 1.807) is 18.2 Å². The van der Waals surface area contributed by atoms with E-state index in [1.165, 1.54) is 11.3 Å². The number of nitrogens with one attached hydrogen (secondary N) is 1. The summed E-state index contributed by atoms with van der Waals surface area (Å²) < 4.78 is 28.5. The number of anilines is 1. The van der Waals surface area contributed by atoms with Crippen LogP contribution < -0.4 is 10.5 Å². The molecule has 1 unspecified atom stereocenters. The van der Waals surface area contributed by atoms with Crippen molar-refractivity contribution in [3.8, 4) is 0 Å². The second-order valence-electron chi connectivity index (χ2n) is 4.50. The number of para-hydroxylation sites is 1. The topological polar surface area (TPSA) is 72.2 Å². The zero-order valence-corrected chi connectivity index (χ0v) is 14.3. The quantitative estimate of drug-likeness (QED) is 0.857. The van der Waals surface area contributed by atoms with E-state index in [9.17, 15) is 8.42 Å². The van der Waals surface area contributed by atoms with Crippen LogP contribution in [0.15, 0.2) is 38.3 Å². The Labute approximate surface area is 131 Å². The third-order valence-corrected chi connectivity index (χ3v) is 6.77. The minimum atomic E-state index is -3.59. The number of hydrogen-bond donors (Lipinski definition) is 2. The lowest BCUT2D eigenvalue weighted by molar-refractivity contribution is 0.603. The van der Waals surface area contributed by atoms with Crippen molar-refractivity contribution in [3.63, 3.8) is 0 Å². The highest BCUT2D eigenvalue weighted by atomic mass is 79.9. The molecule has 7 heteroatoms. The van der Waals surface area contributed by atoms with Crippen LogP contribution in [-0.2, 0) is 10.0 Å². The van der Waals surface area contributed by atoms with E-state index in [0.29, 0.717) is 5.69 Å². The first-order valence-electron chi connectivity index (χ1n) is 5.94. The molecule has 1 aromatic carbocycles. The summed E-state index contributed by atoms with van der Waals surface area (Å²) in [6, 6.07) is 8.54. The van der Waals surface area contributed by atoms with Crippen LogP contribution in [0.4, 0.5) is 5.69 Å². The molecule has 1 atom stereocenters. The largest absolute Gasteiger partial charge is 0.324 e. The van der Waals surface area contributed by atoms with Gasteiger partial charge in [0.05, 0.1) is 9.47 Å². The summed E-state index contributed by atoms with van der Waals surface area (Å²) in [6.45, 7) is 3.68. The molecule has 2 rings (SSSR count). The van der Waals surface area contributed by atoms with Gasteiger partial charge in [0.15, 0.2) is 0 Å². The molecule has 0 aliphatic heterocycles. The van der Waals surface area contributed by atoms with Crippen LogP contribution in [0.25, 0.3) is 0 Å². The number of hydrogen-bond acceptors (Lipinski definition) is 4. The molecule has 0 radical (unpaired) electrons. The standard InChI is InChI=1S/C13H15BrN2O2S2/c1-8-7-12(19-13(8)14)20(17,18)16-11-6-4-3-5-10(11)9(2)15/h3-7,9,16H,15H2,1-2H3. The number of aryl methyl sites for hydroxylation is 1. The second kappa shape index (κ2) is 5.85. The van der Waals surface area contributed by atoms with Gasteiger partial charge in [0.25, 0.3) is 10.0 Å². The lowest BCUT2D eigenvalue weighted by Gasteiger charge is -2.14. The molecule has 0 fully saturated rings. The Hall–Kier alpha value is -0.890. The van der Waals surface area contributed by atoms with Crippen molar-refractivity contribution < 1.29 is 8.42 Å². The number of sulfonamides is 1. The van der Waals surface area contributed by atoms with E-state index < -0.39 is 10.0 Å². The van der Waals surface area contributed by atoms with E-state index in [4.69, 9.17) is 5.73 Å². The normalized spacial score (nSPS) is 13.2. The van der Waals surface area contributed by atoms with Crippen LogP contribution in [0.5, 0.6) is 0 Å². The molecule has 0 aliphatic rings. The minimum Gasteiger partial charge on any atom is -0.324 e. The Kier molecular flexibility index (Phi) is 4.53. The smallest absolute Gasteiger partial charge is 0.271 e. The van der Waals surface area contributed by atoms with Crippen LogP contribution in [0.2, 0.25) is 0 Å². The van der Waals surface area contributed by atoms with Gasteiger partial charge in [-0.25, -0.2) is 8.42 Å². The monoisotopic (exact) mass is 374 g/mol. The van der Waals surface area contributed by atoms with Gasteiger partial charge in [-0.3, -0.25) is 4.72 Å². The van der Waals surface area contributed by atoms with Crippen LogP contribution in [0.1, 0.15) is 24.1 Å². The summed E-state index contributed by atoms with van der Waals surface area (Å²) in [7, 11) is -3.59. The molecule has 0 saturated carbocycles. The molecular formula is C13H15BrN2O2S2. The fourth-order valence-electron chi connectivity index (χ4n) is 1.75.